The van der Waals surface area contributed by atoms with Gasteiger partial charge < -0.3 is 19.6 Å². The van der Waals surface area contributed by atoms with E-state index in [2.05, 4.69) is 0 Å². The van der Waals surface area contributed by atoms with E-state index in [1.165, 1.54) is 12.1 Å². The first-order chi connectivity index (χ1) is 16.1. The van der Waals surface area contributed by atoms with Crippen LogP contribution in [0, 0.1) is 22.7 Å². The summed E-state index contributed by atoms with van der Waals surface area (Å²) in [5.41, 5.74) is -1.52. The topological polar surface area (TPSA) is 76.8 Å². The van der Waals surface area contributed by atoms with Crippen LogP contribution >= 0.6 is 11.6 Å². The largest absolute Gasteiger partial charge is 0.484 e. The standard InChI is InChI=1S/C24H23ClF3N3O3/c25-18-2-5-20(6-3-18)34-13-22(33)31-12-17-11-30(8-7-23(17,14-31)15-32)19-4-1-16(10-29)21(9-19)24(26,27)28/h1-6,9,17,32H,7-8,11-15H2/t17-,23+/m1/s1. The van der Waals surface area contributed by atoms with E-state index in [1.807, 2.05) is 4.90 Å². The highest BCUT2D eigenvalue weighted by molar-refractivity contribution is 6.30. The third kappa shape index (κ3) is 4.79. The van der Waals surface area contributed by atoms with Crippen LogP contribution in [0.5, 0.6) is 5.75 Å². The maximum atomic E-state index is 13.4. The molecular formula is C24H23ClF3N3O3. The molecule has 180 valence electrons. The number of carbonyl (C=O) groups is 1. The Kier molecular flexibility index (Phi) is 6.65. The summed E-state index contributed by atoms with van der Waals surface area (Å²) in [5, 5.41) is 19.8. The molecule has 2 atom stereocenters. The lowest BCUT2D eigenvalue weighted by Gasteiger charge is -2.43. The fourth-order valence-corrected chi connectivity index (χ4v) is 4.92. The van der Waals surface area contributed by atoms with Crippen molar-refractivity contribution in [3.05, 3.63) is 58.6 Å². The molecule has 0 unspecified atom stereocenters. The van der Waals surface area contributed by atoms with Crippen molar-refractivity contribution >= 4 is 23.2 Å². The second kappa shape index (κ2) is 9.35. The number of nitrogens with zero attached hydrogens (tertiary/aromatic N) is 3. The summed E-state index contributed by atoms with van der Waals surface area (Å²) < 4.78 is 45.8. The Morgan fingerprint density at radius 1 is 1.24 bits per heavy atom. The molecule has 2 aromatic carbocycles. The molecule has 4 rings (SSSR count). The van der Waals surface area contributed by atoms with E-state index in [1.54, 1.807) is 35.2 Å². The molecule has 34 heavy (non-hydrogen) atoms. The number of halogens is 4. The number of hydrogen-bond acceptors (Lipinski definition) is 5. The van der Waals surface area contributed by atoms with Gasteiger partial charge in [0.15, 0.2) is 6.61 Å². The monoisotopic (exact) mass is 493 g/mol. The number of nitriles is 1. The second-order valence-corrected chi connectivity index (χ2v) is 9.21. The van der Waals surface area contributed by atoms with Crippen molar-refractivity contribution in [1.29, 1.82) is 5.26 Å². The van der Waals surface area contributed by atoms with Crippen molar-refractivity contribution in [3.8, 4) is 11.8 Å². The van der Waals surface area contributed by atoms with Crippen LogP contribution in [0.1, 0.15) is 17.5 Å². The average Bonchev–Trinajstić information content (AvgIpc) is 3.22. The molecule has 6 nitrogen and oxygen atoms in total. The normalized spacial score (nSPS) is 22.3. The van der Waals surface area contributed by atoms with Crippen LogP contribution in [0.15, 0.2) is 42.5 Å². The van der Waals surface area contributed by atoms with Gasteiger partial charge in [-0.15, -0.1) is 0 Å². The van der Waals surface area contributed by atoms with Gasteiger partial charge in [0.1, 0.15) is 5.75 Å². The van der Waals surface area contributed by atoms with Gasteiger partial charge in [0.2, 0.25) is 0 Å². The summed E-state index contributed by atoms with van der Waals surface area (Å²) in [7, 11) is 0. The molecule has 0 spiro atoms. The van der Waals surface area contributed by atoms with Crippen LogP contribution in [0.3, 0.4) is 0 Å². The van der Waals surface area contributed by atoms with Gasteiger partial charge in [0.05, 0.1) is 23.8 Å². The van der Waals surface area contributed by atoms with Crippen molar-refractivity contribution in [3.63, 3.8) is 0 Å². The lowest BCUT2D eigenvalue weighted by atomic mass is 9.73. The summed E-state index contributed by atoms with van der Waals surface area (Å²) in [6.07, 6.45) is -4.11. The molecule has 1 N–H and O–H groups in total. The molecule has 0 bridgehead atoms. The molecule has 0 saturated carbocycles. The first-order valence-corrected chi connectivity index (χ1v) is 11.2. The minimum absolute atomic E-state index is 0.115. The van der Waals surface area contributed by atoms with E-state index >= 15 is 0 Å². The number of carbonyl (C=O) groups excluding carboxylic acids is 1. The highest BCUT2D eigenvalue weighted by Crippen LogP contribution is 2.44. The van der Waals surface area contributed by atoms with Gasteiger partial charge in [-0.05, 0) is 48.9 Å². The number of benzene rings is 2. The fourth-order valence-electron chi connectivity index (χ4n) is 4.79. The van der Waals surface area contributed by atoms with Crippen molar-refractivity contribution < 1.29 is 27.8 Å². The number of rotatable bonds is 5. The van der Waals surface area contributed by atoms with Crippen molar-refractivity contribution in [2.45, 2.75) is 12.6 Å². The summed E-state index contributed by atoms with van der Waals surface area (Å²) >= 11 is 5.85. The molecule has 0 aromatic heterocycles. The number of fused-ring (bicyclic) bond motifs is 1. The lowest BCUT2D eigenvalue weighted by Crippen LogP contribution is -2.49. The zero-order chi connectivity index (χ0) is 24.5. The number of alkyl halides is 3. The summed E-state index contributed by atoms with van der Waals surface area (Å²) in [5.74, 6) is 0.177. The number of anilines is 1. The van der Waals surface area contributed by atoms with E-state index < -0.39 is 22.7 Å². The van der Waals surface area contributed by atoms with Crippen molar-refractivity contribution in [2.75, 3.05) is 44.3 Å². The number of aliphatic hydroxyl groups excluding tert-OH is 1. The van der Waals surface area contributed by atoms with E-state index in [9.17, 15) is 23.1 Å². The molecule has 0 radical (unpaired) electrons. The highest BCUT2D eigenvalue weighted by atomic mass is 35.5. The molecule has 2 aromatic rings. The van der Waals surface area contributed by atoms with Crippen LogP contribution in [0.25, 0.3) is 0 Å². The van der Waals surface area contributed by atoms with Crippen LogP contribution in [-0.4, -0.2) is 55.3 Å². The summed E-state index contributed by atoms with van der Waals surface area (Å²) in [4.78, 5) is 16.3. The number of amides is 1. The van der Waals surface area contributed by atoms with Crippen molar-refractivity contribution in [2.24, 2.45) is 11.3 Å². The molecule has 2 heterocycles. The van der Waals surface area contributed by atoms with Gasteiger partial charge in [-0.2, -0.15) is 18.4 Å². The van der Waals surface area contributed by atoms with Gasteiger partial charge in [-0.25, -0.2) is 0 Å². The minimum atomic E-state index is -4.63. The van der Waals surface area contributed by atoms with E-state index in [0.717, 1.165) is 6.07 Å². The van der Waals surface area contributed by atoms with Gasteiger partial charge in [0, 0.05) is 48.2 Å². The van der Waals surface area contributed by atoms with E-state index in [-0.39, 0.29) is 25.0 Å². The smallest absolute Gasteiger partial charge is 0.417 e. The van der Waals surface area contributed by atoms with Gasteiger partial charge in [-0.1, -0.05) is 11.6 Å². The number of likely N-dealkylation sites (tertiary alicyclic amines) is 1. The molecule has 1 amide bonds. The Bertz CT molecular complexity index is 1100. The number of aliphatic hydroxyl groups is 1. The predicted molar refractivity (Wildman–Crippen MR) is 120 cm³/mol. The lowest BCUT2D eigenvalue weighted by molar-refractivity contribution is -0.137. The van der Waals surface area contributed by atoms with E-state index in [4.69, 9.17) is 21.6 Å². The number of piperidine rings is 1. The van der Waals surface area contributed by atoms with Crippen LogP contribution in [0.4, 0.5) is 18.9 Å². The zero-order valence-corrected chi connectivity index (χ0v) is 18.9. The molecule has 2 saturated heterocycles. The number of ether oxygens (including phenoxy) is 1. The maximum absolute atomic E-state index is 13.4. The zero-order valence-electron chi connectivity index (χ0n) is 18.2. The van der Waals surface area contributed by atoms with Crippen LogP contribution in [-0.2, 0) is 11.0 Å². The third-order valence-corrected chi connectivity index (χ3v) is 7.02. The quantitative estimate of drug-likeness (QED) is 0.682. The van der Waals surface area contributed by atoms with Crippen LogP contribution in [0.2, 0.25) is 5.02 Å². The van der Waals surface area contributed by atoms with E-state index in [0.29, 0.717) is 49.1 Å². The molecule has 0 aliphatic carbocycles. The SMILES string of the molecule is N#Cc1ccc(N2CC[C@@]3(CO)CN(C(=O)COc4ccc(Cl)cc4)C[C@H]3C2)cc1C(F)(F)F. The molecule has 2 aliphatic heterocycles. The summed E-state index contributed by atoms with van der Waals surface area (Å²) in [6, 6.07) is 11.9. The molecule has 2 aliphatic rings. The Balaban J connectivity index is 1.46. The Morgan fingerprint density at radius 2 is 1.97 bits per heavy atom. The Labute approximate surface area is 200 Å². The van der Waals surface area contributed by atoms with Gasteiger partial charge >= 0.3 is 6.18 Å². The first-order valence-electron chi connectivity index (χ1n) is 10.8. The minimum Gasteiger partial charge on any atom is -0.484 e. The second-order valence-electron chi connectivity index (χ2n) is 8.77. The average molecular weight is 494 g/mol. The Hall–Kier alpha value is -2.96. The third-order valence-electron chi connectivity index (χ3n) is 6.77. The van der Waals surface area contributed by atoms with Crippen LogP contribution < -0.4 is 9.64 Å². The molecular weight excluding hydrogens is 471 g/mol. The summed E-state index contributed by atoms with van der Waals surface area (Å²) in [6.45, 7) is 1.29. The predicted octanol–water partition coefficient (Wildman–Crippen LogP) is 3.96. The fraction of sp³-hybridized carbons (Fsp3) is 0.417. The maximum Gasteiger partial charge on any atom is 0.417 e. The van der Waals surface area contributed by atoms with Gasteiger partial charge in [-0.3, -0.25) is 4.79 Å². The molecule has 10 heteroatoms. The highest BCUT2D eigenvalue weighted by Gasteiger charge is 2.50. The van der Waals surface area contributed by atoms with Gasteiger partial charge in [0.25, 0.3) is 5.91 Å². The molecule has 2 fully saturated rings. The number of hydrogen-bond donors (Lipinski definition) is 1. The Morgan fingerprint density at radius 3 is 2.62 bits per heavy atom. The first kappa shape index (κ1) is 24.2. The van der Waals surface area contributed by atoms with Crippen molar-refractivity contribution in [1.82, 2.24) is 4.90 Å².